The molecular weight excluding hydrogens is 673 g/mol. The third-order valence-electron chi connectivity index (χ3n) is 9.71. The smallest absolute Gasteiger partial charge is 0.229 e. The van der Waals surface area contributed by atoms with Gasteiger partial charge in [-0.2, -0.15) is 0 Å². The number of hydrogen-bond donors (Lipinski definition) is 0. The summed E-state index contributed by atoms with van der Waals surface area (Å²) in [6, 6.07) is 49.1. The Labute approximate surface area is 306 Å². The van der Waals surface area contributed by atoms with Crippen LogP contribution in [-0.2, 0) is 0 Å². The van der Waals surface area contributed by atoms with Gasteiger partial charge in [0, 0.05) is 33.8 Å². The zero-order valence-electron chi connectivity index (χ0n) is 28.4. The van der Waals surface area contributed by atoms with Crippen LogP contribution in [0.15, 0.2) is 171 Å². The van der Waals surface area contributed by atoms with E-state index in [-0.39, 0.29) is 0 Å². The van der Waals surface area contributed by atoms with E-state index in [4.69, 9.17) is 28.2 Å². The second-order valence-electron chi connectivity index (χ2n) is 13.0. The Morgan fingerprint density at radius 2 is 1.06 bits per heavy atom. The molecule has 54 heavy (non-hydrogen) atoms. The summed E-state index contributed by atoms with van der Waals surface area (Å²) in [5.41, 5.74) is 11.7. The highest BCUT2D eigenvalue weighted by atomic mass is 16.4. The number of hydrogen-bond acceptors (Lipinski definition) is 9. The fourth-order valence-electron chi connectivity index (χ4n) is 7.03. The molecule has 5 aromatic heterocycles. The molecular formula is C45H26N6O3. The maximum absolute atomic E-state index is 6.07. The molecule has 0 amide bonds. The Bertz CT molecular complexity index is 3000. The lowest BCUT2D eigenvalue weighted by atomic mass is 10.0. The summed E-state index contributed by atoms with van der Waals surface area (Å²) < 4.78 is 18.1. The summed E-state index contributed by atoms with van der Waals surface area (Å²) in [4.78, 5) is 24.9. The normalized spacial score (nSPS) is 11.7. The van der Waals surface area contributed by atoms with Gasteiger partial charge in [0.2, 0.25) is 17.5 Å². The summed E-state index contributed by atoms with van der Waals surface area (Å²) in [5, 5.41) is 3.05. The van der Waals surface area contributed by atoms with E-state index in [1.54, 1.807) is 6.20 Å². The van der Waals surface area contributed by atoms with Gasteiger partial charge in [0.25, 0.3) is 0 Å². The molecule has 6 aromatic carbocycles. The molecule has 0 spiro atoms. The van der Waals surface area contributed by atoms with E-state index in [9.17, 15) is 0 Å². The van der Waals surface area contributed by atoms with Gasteiger partial charge in [-0.25, -0.2) is 24.9 Å². The first-order valence-corrected chi connectivity index (χ1v) is 17.5. The van der Waals surface area contributed by atoms with Gasteiger partial charge < -0.3 is 18.2 Å². The molecule has 0 radical (unpaired) electrons. The van der Waals surface area contributed by atoms with E-state index in [1.807, 2.05) is 84.9 Å². The van der Waals surface area contributed by atoms with Gasteiger partial charge in [-0.3, -0.25) is 0 Å². The SMILES string of the molecule is c1ccc2oc(-c3ccc(N(c4ccc(-c5nc6ccccc6o5)cc4)c4ccc5cc(-c6ccc7c(n6)oc6cncnc67)ccc5c4)cc3)nc2c1. The minimum absolute atomic E-state index is 0.540. The molecule has 9 heteroatoms. The average Bonchev–Trinajstić information content (AvgIpc) is 3.96. The summed E-state index contributed by atoms with van der Waals surface area (Å²) in [6.45, 7) is 0. The highest BCUT2D eigenvalue weighted by Crippen LogP contribution is 2.39. The van der Waals surface area contributed by atoms with Gasteiger partial charge in [-0.1, -0.05) is 42.5 Å². The fraction of sp³-hybridized carbons (Fsp3) is 0. The molecule has 11 aromatic rings. The number of benzene rings is 6. The summed E-state index contributed by atoms with van der Waals surface area (Å²) in [6.07, 6.45) is 3.19. The van der Waals surface area contributed by atoms with Crippen LogP contribution >= 0.6 is 0 Å². The zero-order valence-corrected chi connectivity index (χ0v) is 28.4. The number of oxazole rings is 2. The van der Waals surface area contributed by atoms with Crippen molar-refractivity contribution in [2.24, 2.45) is 0 Å². The molecule has 0 saturated heterocycles. The van der Waals surface area contributed by atoms with Crippen molar-refractivity contribution in [3.8, 4) is 34.2 Å². The van der Waals surface area contributed by atoms with Crippen LogP contribution in [0.3, 0.4) is 0 Å². The van der Waals surface area contributed by atoms with Crippen molar-refractivity contribution in [3.63, 3.8) is 0 Å². The Morgan fingerprint density at radius 1 is 0.463 bits per heavy atom. The van der Waals surface area contributed by atoms with Crippen molar-refractivity contribution in [3.05, 3.63) is 158 Å². The molecule has 0 N–H and O–H groups in total. The molecule has 0 atom stereocenters. The molecule has 0 aliphatic rings. The van der Waals surface area contributed by atoms with E-state index in [0.29, 0.717) is 23.1 Å². The summed E-state index contributed by atoms with van der Waals surface area (Å²) >= 11 is 0. The monoisotopic (exact) mass is 698 g/mol. The molecule has 0 fully saturated rings. The highest BCUT2D eigenvalue weighted by Gasteiger charge is 2.17. The molecule has 0 saturated carbocycles. The third kappa shape index (κ3) is 5.06. The summed E-state index contributed by atoms with van der Waals surface area (Å²) in [5.74, 6) is 1.17. The first-order chi connectivity index (χ1) is 26.7. The molecule has 254 valence electrons. The number of anilines is 3. The quantitative estimate of drug-likeness (QED) is 0.168. The lowest BCUT2D eigenvalue weighted by molar-refractivity contribution is 0.619. The maximum Gasteiger partial charge on any atom is 0.229 e. The predicted molar refractivity (Wildman–Crippen MR) is 211 cm³/mol. The van der Waals surface area contributed by atoms with Gasteiger partial charge >= 0.3 is 0 Å². The molecule has 0 aliphatic carbocycles. The van der Waals surface area contributed by atoms with E-state index >= 15 is 0 Å². The van der Waals surface area contributed by atoms with Gasteiger partial charge in [0.15, 0.2) is 16.7 Å². The maximum atomic E-state index is 6.07. The van der Waals surface area contributed by atoms with Crippen molar-refractivity contribution >= 4 is 72.2 Å². The molecule has 11 rings (SSSR count). The standard InChI is InChI=1S/C45H26N6O3/c1-3-7-39-37(5-1)49-43(52-39)27-11-16-32(17-12-27)51(33-18-13-28(14-19-33)44-50-38-6-2-4-8-40(38)53-44)34-20-15-29-23-31(10-9-30(29)24-34)36-22-21-35-42-41(25-46-26-47-42)54-45(35)48-36/h1-26H. The number of furan rings is 1. The first-order valence-electron chi connectivity index (χ1n) is 17.5. The van der Waals surface area contributed by atoms with Crippen molar-refractivity contribution in [2.75, 3.05) is 4.90 Å². The number of para-hydroxylation sites is 4. The third-order valence-corrected chi connectivity index (χ3v) is 9.71. The van der Waals surface area contributed by atoms with E-state index < -0.39 is 0 Å². The minimum Gasteiger partial charge on any atom is -0.436 e. The van der Waals surface area contributed by atoms with Gasteiger partial charge in [0.05, 0.1) is 17.3 Å². The molecule has 5 heterocycles. The second-order valence-corrected chi connectivity index (χ2v) is 13.0. The van der Waals surface area contributed by atoms with Crippen LogP contribution in [0.5, 0.6) is 0 Å². The summed E-state index contributed by atoms with van der Waals surface area (Å²) in [7, 11) is 0. The van der Waals surface area contributed by atoms with Crippen molar-refractivity contribution in [2.45, 2.75) is 0 Å². The van der Waals surface area contributed by atoms with Crippen LogP contribution in [0.4, 0.5) is 17.1 Å². The van der Waals surface area contributed by atoms with Crippen LogP contribution in [-0.4, -0.2) is 24.9 Å². The van der Waals surface area contributed by atoms with Crippen molar-refractivity contribution in [1.82, 2.24) is 24.9 Å². The Kier molecular flexibility index (Phi) is 6.65. The Hall–Kier alpha value is -7.65. The lowest BCUT2D eigenvalue weighted by Crippen LogP contribution is -2.09. The highest BCUT2D eigenvalue weighted by molar-refractivity contribution is 6.01. The number of pyridine rings is 1. The van der Waals surface area contributed by atoms with E-state index in [2.05, 4.69) is 75.5 Å². The fourth-order valence-corrected chi connectivity index (χ4v) is 7.03. The molecule has 0 bridgehead atoms. The average molecular weight is 699 g/mol. The van der Waals surface area contributed by atoms with Crippen molar-refractivity contribution in [1.29, 1.82) is 0 Å². The Balaban J connectivity index is 0.972. The van der Waals surface area contributed by atoms with Crippen LogP contribution in [0.2, 0.25) is 0 Å². The van der Waals surface area contributed by atoms with Gasteiger partial charge in [0.1, 0.15) is 22.9 Å². The van der Waals surface area contributed by atoms with Crippen LogP contribution < -0.4 is 4.90 Å². The predicted octanol–water partition coefficient (Wildman–Crippen LogP) is 11.7. The van der Waals surface area contributed by atoms with E-state index in [0.717, 1.165) is 83.3 Å². The minimum atomic E-state index is 0.540. The second kappa shape index (κ2) is 12.0. The molecule has 9 nitrogen and oxygen atoms in total. The van der Waals surface area contributed by atoms with Crippen LogP contribution in [0.1, 0.15) is 0 Å². The number of rotatable bonds is 6. The number of aromatic nitrogens is 5. The van der Waals surface area contributed by atoms with Crippen LogP contribution in [0, 0.1) is 0 Å². The van der Waals surface area contributed by atoms with E-state index in [1.165, 1.54) is 6.33 Å². The van der Waals surface area contributed by atoms with Gasteiger partial charge in [-0.15, -0.1) is 0 Å². The zero-order chi connectivity index (χ0) is 35.6. The van der Waals surface area contributed by atoms with Gasteiger partial charge in [-0.05, 0) is 114 Å². The van der Waals surface area contributed by atoms with Crippen molar-refractivity contribution < 1.29 is 13.3 Å². The topological polar surface area (TPSA) is 107 Å². The molecule has 0 aliphatic heterocycles. The first kappa shape index (κ1) is 30.0. The van der Waals surface area contributed by atoms with Crippen LogP contribution in [0.25, 0.3) is 89.3 Å². The molecule has 0 unspecified atom stereocenters. The largest absolute Gasteiger partial charge is 0.436 e. The lowest BCUT2D eigenvalue weighted by Gasteiger charge is -2.26. The Morgan fingerprint density at radius 3 is 1.72 bits per heavy atom. The number of nitrogens with zero attached hydrogens (tertiary/aromatic N) is 6. The number of fused-ring (bicyclic) bond motifs is 6.